The number of hydrogen-bond donors (Lipinski definition) is 3. The number of nitrogens with two attached hydrogens (primary N) is 2. The average Bonchev–Trinajstić information content (AvgIpc) is 3.62. The van der Waals surface area contributed by atoms with Crippen LogP contribution in [0.5, 0.6) is 11.5 Å². The zero-order valence-corrected chi connectivity index (χ0v) is 19.4. The highest BCUT2D eigenvalue weighted by molar-refractivity contribution is 6.03. The SMILES string of the molecule is CCOc1cnc(C)nc1N=C(N)c1ccc([C@@H]2CC2C(=O)Nc2ccc(OC)cc2)cc1N. The Kier molecular flexibility index (Phi) is 6.62. The van der Waals surface area contributed by atoms with Gasteiger partial charge in [0.25, 0.3) is 0 Å². The van der Waals surface area contributed by atoms with E-state index in [-0.39, 0.29) is 23.6 Å². The lowest BCUT2D eigenvalue weighted by atomic mass is 10.0. The van der Waals surface area contributed by atoms with Crippen LogP contribution in [0, 0.1) is 12.8 Å². The fourth-order valence-electron chi connectivity index (χ4n) is 3.77. The summed E-state index contributed by atoms with van der Waals surface area (Å²) in [7, 11) is 1.61. The number of rotatable bonds is 8. The van der Waals surface area contributed by atoms with Crippen molar-refractivity contribution in [1.82, 2.24) is 9.97 Å². The number of hydrogen-bond acceptors (Lipinski definition) is 7. The van der Waals surface area contributed by atoms with Crippen molar-refractivity contribution in [3.8, 4) is 11.5 Å². The molecule has 9 nitrogen and oxygen atoms in total. The van der Waals surface area contributed by atoms with Crippen LogP contribution in [0.2, 0.25) is 0 Å². The van der Waals surface area contributed by atoms with Gasteiger partial charge in [-0.1, -0.05) is 6.07 Å². The van der Waals surface area contributed by atoms with Crippen molar-refractivity contribution in [3.05, 3.63) is 65.6 Å². The minimum Gasteiger partial charge on any atom is -0.497 e. The monoisotopic (exact) mass is 460 g/mol. The van der Waals surface area contributed by atoms with E-state index in [4.69, 9.17) is 20.9 Å². The van der Waals surface area contributed by atoms with E-state index < -0.39 is 0 Å². The van der Waals surface area contributed by atoms with Gasteiger partial charge in [-0.15, -0.1) is 0 Å². The zero-order chi connectivity index (χ0) is 24.2. The van der Waals surface area contributed by atoms with E-state index in [0.29, 0.717) is 35.2 Å². The molecule has 2 aromatic carbocycles. The molecule has 0 saturated heterocycles. The highest BCUT2D eigenvalue weighted by atomic mass is 16.5. The van der Waals surface area contributed by atoms with E-state index in [1.165, 1.54) is 0 Å². The molecule has 1 heterocycles. The number of nitrogen functional groups attached to an aromatic ring is 1. The number of benzene rings is 2. The van der Waals surface area contributed by atoms with Gasteiger partial charge in [0, 0.05) is 22.9 Å². The van der Waals surface area contributed by atoms with Crippen molar-refractivity contribution in [1.29, 1.82) is 0 Å². The number of nitrogens with zero attached hydrogens (tertiary/aromatic N) is 3. The Labute approximate surface area is 198 Å². The second-order valence-corrected chi connectivity index (χ2v) is 8.05. The number of aromatic nitrogens is 2. The number of carbonyl (C=O) groups excluding carboxylic acids is 1. The Morgan fingerprint density at radius 3 is 2.68 bits per heavy atom. The second-order valence-electron chi connectivity index (χ2n) is 8.05. The topological polar surface area (TPSA) is 138 Å². The summed E-state index contributed by atoms with van der Waals surface area (Å²) in [6, 6.07) is 12.9. The van der Waals surface area contributed by atoms with Gasteiger partial charge in [0.05, 0.1) is 19.9 Å². The molecule has 1 saturated carbocycles. The van der Waals surface area contributed by atoms with Crippen LogP contribution in [-0.2, 0) is 4.79 Å². The van der Waals surface area contributed by atoms with Gasteiger partial charge >= 0.3 is 0 Å². The maximum Gasteiger partial charge on any atom is 0.228 e. The fourth-order valence-corrected chi connectivity index (χ4v) is 3.77. The Balaban J connectivity index is 1.46. The first-order chi connectivity index (χ1) is 16.4. The Morgan fingerprint density at radius 2 is 2.00 bits per heavy atom. The smallest absolute Gasteiger partial charge is 0.228 e. The third kappa shape index (κ3) is 5.09. The molecule has 0 spiro atoms. The van der Waals surface area contributed by atoms with Gasteiger partial charge in [0.1, 0.15) is 17.4 Å². The number of nitrogens with one attached hydrogen (secondary N) is 1. The van der Waals surface area contributed by atoms with Crippen molar-refractivity contribution in [2.45, 2.75) is 26.2 Å². The van der Waals surface area contributed by atoms with Crippen LogP contribution in [0.1, 0.15) is 36.2 Å². The molecule has 1 amide bonds. The predicted molar refractivity (Wildman–Crippen MR) is 132 cm³/mol. The van der Waals surface area contributed by atoms with E-state index in [1.807, 2.05) is 49.4 Å². The highest BCUT2D eigenvalue weighted by Crippen LogP contribution is 2.48. The van der Waals surface area contributed by atoms with Gasteiger partial charge in [0.15, 0.2) is 11.6 Å². The maximum atomic E-state index is 12.7. The van der Waals surface area contributed by atoms with Crippen LogP contribution in [0.4, 0.5) is 17.2 Å². The lowest BCUT2D eigenvalue weighted by Gasteiger charge is -2.10. The lowest BCUT2D eigenvalue weighted by molar-refractivity contribution is -0.117. The fraction of sp³-hybridized carbons (Fsp3) is 0.280. The van der Waals surface area contributed by atoms with Crippen LogP contribution in [0.3, 0.4) is 0 Å². The van der Waals surface area contributed by atoms with Crippen molar-refractivity contribution in [3.63, 3.8) is 0 Å². The zero-order valence-electron chi connectivity index (χ0n) is 19.4. The van der Waals surface area contributed by atoms with Crippen LogP contribution in [0.25, 0.3) is 0 Å². The molecule has 34 heavy (non-hydrogen) atoms. The van der Waals surface area contributed by atoms with E-state index in [1.54, 1.807) is 20.2 Å². The number of amides is 1. The normalized spacial score (nSPS) is 17.2. The standard InChI is InChI=1S/C25H28N6O3/c1-4-34-22-13-28-14(2)29-24(22)31-23(27)18-10-5-15(11-21(18)26)19-12-20(19)25(32)30-16-6-8-17(33-3)9-7-16/h5-11,13,19-20H,4,12,26H2,1-3H3,(H,30,32)(H2,27,28,29,31)/t19-,20?/m0/s1. The average molecular weight is 461 g/mol. The number of aliphatic imine (C=N–C) groups is 1. The van der Waals surface area contributed by atoms with Crippen LogP contribution in [-0.4, -0.2) is 35.4 Å². The molecule has 3 aromatic rings. The third-order valence-corrected chi connectivity index (χ3v) is 5.65. The number of ether oxygens (including phenoxy) is 2. The summed E-state index contributed by atoms with van der Waals surface area (Å²) in [6.07, 6.45) is 2.34. The van der Waals surface area contributed by atoms with Gasteiger partial charge in [-0.05, 0) is 68.1 Å². The van der Waals surface area contributed by atoms with E-state index in [0.717, 1.165) is 23.4 Å². The summed E-state index contributed by atoms with van der Waals surface area (Å²) in [5, 5.41) is 2.96. The summed E-state index contributed by atoms with van der Waals surface area (Å²) < 4.78 is 10.7. The molecule has 1 aliphatic rings. The van der Waals surface area contributed by atoms with Crippen molar-refractivity contribution in [2.24, 2.45) is 16.6 Å². The molecular formula is C25H28N6O3. The first-order valence-corrected chi connectivity index (χ1v) is 11.0. The summed E-state index contributed by atoms with van der Waals surface area (Å²) in [6.45, 7) is 4.10. The molecule has 0 radical (unpaired) electrons. The molecule has 1 fully saturated rings. The molecular weight excluding hydrogens is 432 g/mol. The molecule has 4 rings (SSSR count). The lowest BCUT2D eigenvalue weighted by Crippen LogP contribution is -2.16. The summed E-state index contributed by atoms with van der Waals surface area (Å²) >= 11 is 0. The van der Waals surface area contributed by atoms with E-state index in [9.17, 15) is 4.79 Å². The Bertz CT molecular complexity index is 1230. The highest BCUT2D eigenvalue weighted by Gasteiger charge is 2.44. The van der Waals surface area contributed by atoms with Gasteiger partial charge < -0.3 is 26.3 Å². The molecule has 9 heteroatoms. The van der Waals surface area contributed by atoms with Crippen molar-refractivity contribution < 1.29 is 14.3 Å². The minimum atomic E-state index is -0.101. The van der Waals surface area contributed by atoms with Gasteiger partial charge in [-0.25, -0.2) is 15.0 Å². The Hall–Kier alpha value is -4.14. The number of amidine groups is 1. The van der Waals surface area contributed by atoms with Crippen LogP contribution in [0.15, 0.2) is 53.7 Å². The van der Waals surface area contributed by atoms with Crippen LogP contribution < -0.4 is 26.3 Å². The molecule has 1 aromatic heterocycles. The predicted octanol–water partition coefficient (Wildman–Crippen LogP) is 3.55. The minimum absolute atomic E-state index is 0.0125. The van der Waals surface area contributed by atoms with E-state index in [2.05, 4.69) is 20.3 Å². The first kappa shape index (κ1) is 23.0. The molecule has 0 bridgehead atoms. The molecule has 1 aliphatic carbocycles. The third-order valence-electron chi connectivity index (χ3n) is 5.65. The molecule has 0 aliphatic heterocycles. The molecule has 2 atom stereocenters. The number of methoxy groups -OCH3 is 1. The summed E-state index contributed by atoms with van der Waals surface area (Å²) in [5.74, 6) is 2.34. The molecule has 5 N–H and O–H groups in total. The summed E-state index contributed by atoms with van der Waals surface area (Å²) in [4.78, 5) is 25.5. The second kappa shape index (κ2) is 9.78. The van der Waals surface area contributed by atoms with E-state index >= 15 is 0 Å². The van der Waals surface area contributed by atoms with Gasteiger partial charge in [0.2, 0.25) is 5.91 Å². The summed E-state index contributed by atoms with van der Waals surface area (Å²) in [5.41, 5.74) is 15.4. The molecule has 1 unspecified atom stereocenters. The molecule has 176 valence electrons. The Morgan fingerprint density at radius 1 is 1.24 bits per heavy atom. The number of carbonyl (C=O) groups is 1. The first-order valence-electron chi connectivity index (χ1n) is 11.0. The maximum absolute atomic E-state index is 12.7. The number of anilines is 2. The van der Waals surface area contributed by atoms with Crippen LogP contribution >= 0.6 is 0 Å². The van der Waals surface area contributed by atoms with Gasteiger partial charge in [-0.2, -0.15) is 0 Å². The van der Waals surface area contributed by atoms with Crippen molar-refractivity contribution in [2.75, 3.05) is 24.8 Å². The number of aryl methyl sites for hydroxylation is 1. The largest absolute Gasteiger partial charge is 0.497 e. The van der Waals surface area contributed by atoms with Crippen molar-refractivity contribution >= 4 is 28.9 Å². The quantitative estimate of drug-likeness (QED) is 0.265. The van der Waals surface area contributed by atoms with Gasteiger partial charge in [-0.3, -0.25) is 4.79 Å².